The fraction of sp³-hybridized carbons (Fsp3) is 0.438. The molecule has 0 spiro atoms. The molecule has 2 N–H and O–H groups in total. The molecule has 1 aliphatic heterocycles. The predicted molar refractivity (Wildman–Crippen MR) is 82.8 cm³/mol. The van der Waals surface area contributed by atoms with Crippen molar-refractivity contribution in [1.82, 2.24) is 20.3 Å². The van der Waals surface area contributed by atoms with Crippen LogP contribution in [0.15, 0.2) is 30.5 Å². The van der Waals surface area contributed by atoms with Crippen molar-refractivity contribution in [2.75, 3.05) is 20.2 Å². The molecule has 0 aliphatic carbocycles. The molecule has 122 valence electrons. The van der Waals surface area contributed by atoms with Crippen LogP contribution in [0, 0.1) is 0 Å². The van der Waals surface area contributed by atoms with Crippen LogP contribution in [-0.2, 0) is 16.8 Å². The van der Waals surface area contributed by atoms with Crippen molar-refractivity contribution < 1.29 is 14.6 Å². The molecule has 0 bridgehead atoms. The van der Waals surface area contributed by atoms with Gasteiger partial charge in [0.2, 0.25) is 5.91 Å². The van der Waals surface area contributed by atoms with Crippen molar-refractivity contribution >= 4 is 5.91 Å². The summed E-state index contributed by atoms with van der Waals surface area (Å²) in [4.78, 5) is 14.1. The first kappa shape index (κ1) is 15.5. The van der Waals surface area contributed by atoms with Crippen molar-refractivity contribution in [2.45, 2.75) is 24.9 Å². The van der Waals surface area contributed by atoms with Gasteiger partial charge in [0.25, 0.3) is 0 Å². The minimum atomic E-state index is -1.10. The van der Waals surface area contributed by atoms with Crippen molar-refractivity contribution in [3.8, 4) is 5.75 Å². The molecule has 3 rings (SSSR count). The first-order valence-electron chi connectivity index (χ1n) is 7.60. The molecule has 2 heterocycles. The van der Waals surface area contributed by atoms with Gasteiger partial charge in [-0.25, -0.2) is 0 Å². The number of nitrogens with one attached hydrogen (secondary N) is 1. The minimum Gasteiger partial charge on any atom is -0.497 e. The number of β-amino-alcohol motifs (C(OH)–C–C–N with tert-alkyl or cyclic N) is 1. The average molecular weight is 316 g/mol. The number of ether oxygens (including phenoxy) is 1. The number of amides is 1. The van der Waals surface area contributed by atoms with Crippen molar-refractivity contribution in [2.24, 2.45) is 0 Å². The Bertz CT molecular complexity index is 674. The third-order valence-electron chi connectivity index (χ3n) is 4.25. The van der Waals surface area contributed by atoms with Crippen LogP contribution in [0.2, 0.25) is 0 Å². The highest BCUT2D eigenvalue weighted by Gasteiger charge is 2.41. The summed E-state index contributed by atoms with van der Waals surface area (Å²) in [6.07, 6.45) is 3.03. The number of nitrogens with zero attached hydrogens (tertiary/aromatic N) is 3. The van der Waals surface area contributed by atoms with E-state index in [2.05, 4.69) is 15.4 Å². The van der Waals surface area contributed by atoms with Gasteiger partial charge in [-0.05, 0) is 24.1 Å². The zero-order valence-corrected chi connectivity index (χ0v) is 13.0. The van der Waals surface area contributed by atoms with E-state index in [0.717, 1.165) is 11.3 Å². The third kappa shape index (κ3) is 3.34. The summed E-state index contributed by atoms with van der Waals surface area (Å²) in [6.45, 7) is 0.788. The summed E-state index contributed by atoms with van der Waals surface area (Å²) in [5.74, 6) is 0.823. The smallest absolute Gasteiger partial charge is 0.223 e. The number of rotatable bonds is 5. The van der Waals surface area contributed by atoms with Crippen LogP contribution in [0.1, 0.15) is 24.1 Å². The maximum Gasteiger partial charge on any atom is 0.223 e. The Kier molecular flexibility index (Phi) is 4.29. The van der Waals surface area contributed by atoms with Crippen LogP contribution in [0.5, 0.6) is 5.75 Å². The number of methoxy groups -OCH3 is 1. The second-order valence-electron chi connectivity index (χ2n) is 5.80. The molecule has 0 unspecified atom stereocenters. The molecule has 1 aromatic heterocycles. The van der Waals surface area contributed by atoms with E-state index in [1.54, 1.807) is 12.0 Å². The van der Waals surface area contributed by atoms with Gasteiger partial charge in [0, 0.05) is 19.4 Å². The highest BCUT2D eigenvalue weighted by atomic mass is 16.5. The molecule has 1 aliphatic rings. The fourth-order valence-electron chi connectivity index (χ4n) is 2.88. The summed E-state index contributed by atoms with van der Waals surface area (Å²) in [5, 5.41) is 20.8. The monoisotopic (exact) mass is 316 g/mol. The number of aryl methyl sites for hydroxylation is 1. The van der Waals surface area contributed by atoms with Gasteiger partial charge in [-0.15, -0.1) is 0 Å². The van der Waals surface area contributed by atoms with Gasteiger partial charge in [-0.3, -0.25) is 4.79 Å². The molecule has 7 nitrogen and oxygen atoms in total. The molecule has 0 saturated carbocycles. The van der Waals surface area contributed by atoms with Crippen LogP contribution in [-0.4, -0.2) is 51.5 Å². The summed E-state index contributed by atoms with van der Waals surface area (Å²) in [5.41, 5.74) is 0.447. The van der Waals surface area contributed by atoms with Crippen LogP contribution in [0.25, 0.3) is 0 Å². The summed E-state index contributed by atoms with van der Waals surface area (Å²) in [7, 11) is 1.62. The number of carbonyl (C=O) groups excluding carboxylic acids is 1. The van der Waals surface area contributed by atoms with E-state index in [9.17, 15) is 9.90 Å². The molecule has 0 radical (unpaired) electrons. The molecule has 2 aromatic rings. The lowest BCUT2D eigenvalue weighted by Crippen LogP contribution is -2.34. The Morgan fingerprint density at radius 1 is 1.52 bits per heavy atom. The highest BCUT2D eigenvalue weighted by Crippen LogP contribution is 2.30. The molecule has 1 atom stereocenters. The van der Waals surface area contributed by atoms with E-state index in [1.165, 1.54) is 6.20 Å². The van der Waals surface area contributed by atoms with Gasteiger partial charge in [0.05, 0.1) is 19.9 Å². The van der Waals surface area contributed by atoms with Crippen LogP contribution >= 0.6 is 0 Å². The lowest BCUT2D eigenvalue weighted by atomic mass is 10.00. The Hall–Kier alpha value is -2.41. The maximum absolute atomic E-state index is 12.4. The summed E-state index contributed by atoms with van der Waals surface area (Å²) in [6, 6.07) is 7.70. The second kappa shape index (κ2) is 6.37. The molecule has 1 fully saturated rings. The quantitative estimate of drug-likeness (QED) is 0.854. The Morgan fingerprint density at radius 2 is 2.39 bits per heavy atom. The number of likely N-dealkylation sites (tertiary alicyclic amines) is 1. The largest absolute Gasteiger partial charge is 0.497 e. The minimum absolute atomic E-state index is 0.0345. The van der Waals surface area contributed by atoms with Gasteiger partial charge in [0.15, 0.2) is 0 Å². The first-order chi connectivity index (χ1) is 11.1. The Labute approximate surface area is 134 Å². The van der Waals surface area contributed by atoms with Crippen molar-refractivity contribution in [3.05, 3.63) is 41.7 Å². The van der Waals surface area contributed by atoms with E-state index in [1.807, 2.05) is 24.3 Å². The van der Waals surface area contributed by atoms with Crippen LogP contribution < -0.4 is 4.74 Å². The highest BCUT2D eigenvalue weighted by molar-refractivity contribution is 5.77. The topological polar surface area (TPSA) is 91.3 Å². The van der Waals surface area contributed by atoms with E-state index in [-0.39, 0.29) is 12.5 Å². The van der Waals surface area contributed by atoms with Crippen molar-refractivity contribution in [3.63, 3.8) is 0 Å². The number of aromatic amines is 1. The number of hydrogen-bond acceptors (Lipinski definition) is 5. The lowest BCUT2D eigenvalue weighted by molar-refractivity contribution is -0.131. The van der Waals surface area contributed by atoms with Gasteiger partial charge in [-0.1, -0.05) is 12.1 Å². The van der Waals surface area contributed by atoms with Crippen LogP contribution in [0.4, 0.5) is 0 Å². The Balaban J connectivity index is 1.57. The van der Waals surface area contributed by atoms with E-state index < -0.39 is 5.60 Å². The second-order valence-corrected chi connectivity index (χ2v) is 5.80. The SMILES string of the molecule is COc1cccc(CCC(=O)N2CC[C@@](O)(c3cn[nH]n3)C2)c1. The van der Waals surface area contributed by atoms with Gasteiger partial charge in [0.1, 0.15) is 17.0 Å². The number of aromatic nitrogens is 3. The molecule has 7 heteroatoms. The van der Waals surface area contributed by atoms with Gasteiger partial charge in [-0.2, -0.15) is 15.4 Å². The average Bonchev–Trinajstić information content (AvgIpc) is 3.23. The normalized spacial score (nSPS) is 20.7. The van der Waals surface area contributed by atoms with E-state index >= 15 is 0 Å². The van der Waals surface area contributed by atoms with Gasteiger partial charge < -0.3 is 14.7 Å². The van der Waals surface area contributed by atoms with Crippen LogP contribution in [0.3, 0.4) is 0 Å². The number of aliphatic hydroxyl groups is 1. The van der Waals surface area contributed by atoms with E-state index in [0.29, 0.717) is 31.5 Å². The standard InChI is InChI=1S/C16H20N4O3/c1-23-13-4-2-3-12(9-13)5-6-15(21)20-8-7-16(22,11-20)14-10-17-19-18-14/h2-4,9-10,22H,5-8,11H2,1H3,(H,17,18,19)/t16-/m0/s1. The fourth-order valence-corrected chi connectivity index (χ4v) is 2.88. The number of benzene rings is 1. The Morgan fingerprint density at radius 3 is 3.13 bits per heavy atom. The van der Waals surface area contributed by atoms with Gasteiger partial charge >= 0.3 is 0 Å². The molecule has 1 amide bonds. The number of H-pyrrole nitrogens is 1. The van der Waals surface area contributed by atoms with Crippen molar-refractivity contribution in [1.29, 1.82) is 0 Å². The molecular weight excluding hydrogens is 296 g/mol. The van der Waals surface area contributed by atoms with E-state index in [4.69, 9.17) is 4.74 Å². The first-order valence-corrected chi connectivity index (χ1v) is 7.60. The molecule has 23 heavy (non-hydrogen) atoms. The maximum atomic E-state index is 12.4. The number of carbonyl (C=O) groups is 1. The lowest BCUT2D eigenvalue weighted by Gasteiger charge is -2.21. The zero-order valence-electron chi connectivity index (χ0n) is 13.0. The summed E-state index contributed by atoms with van der Waals surface area (Å²) < 4.78 is 5.19. The number of hydrogen-bond donors (Lipinski definition) is 2. The molecular formula is C16H20N4O3. The molecule has 1 aromatic carbocycles. The zero-order chi connectivity index (χ0) is 16.3. The molecule has 1 saturated heterocycles. The summed E-state index contributed by atoms with van der Waals surface area (Å²) >= 11 is 0. The predicted octanol–water partition coefficient (Wildman–Crippen LogP) is 0.866. The third-order valence-corrected chi connectivity index (χ3v) is 4.25.